The first-order valence-electron chi connectivity index (χ1n) is 7.08. The Morgan fingerprint density at radius 1 is 1.14 bits per heavy atom. The zero-order chi connectivity index (χ0) is 15.7. The molecule has 0 aliphatic rings. The van der Waals surface area contributed by atoms with Crippen molar-refractivity contribution in [3.05, 3.63) is 29.8 Å². The van der Waals surface area contributed by atoms with E-state index >= 15 is 0 Å². The van der Waals surface area contributed by atoms with Gasteiger partial charge in [-0.3, -0.25) is 4.79 Å². The molecule has 5 heteroatoms. The van der Waals surface area contributed by atoms with E-state index in [2.05, 4.69) is 19.2 Å². The molecular formula is C16H25NO4. The van der Waals surface area contributed by atoms with Crippen molar-refractivity contribution in [1.29, 1.82) is 0 Å². The molecule has 118 valence electrons. The Kier molecular flexibility index (Phi) is 7.79. The van der Waals surface area contributed by atoms with E-state index in [0.717, 1.165) is 11.3 Å². The molecule has 0 radical (unpaired) electrons. The minimum atomic E-state index is -0.124. The van der Waals surface area contributed by atoms with Gasteiger partial charge in [0, 0.05) is 7.11 Å². The van der Waals surface area contributed by atoms with Crippen LogP contribution in [0.2, 0.25) is 0 Å². The summed E-state index contributed by atoms with van der Waals surface area (Å²) >= 11 is 0. The summed E-state index contributed by atoms with van der Waals surface area (Å²) in [7, 11) is 3.23. The van der Waals surface area contributed by atoms with Crippen LogP contribution >= 0.6 is 0 Å². The van der Waals surface area contributed by atoms with E-state index in [1.807, 2.05) is 24.3 Å². The van der Waals surface area contributed by atoms with Gasteiger partial charge in [-0.2, -0.15) is 0 Å². The van der Waals surface area contributed by atoms with E-state index in [4.69, 9.17) is 14.2 Å². The second-order valence-electron chi connectivity index (χ2n) is 5.11. The van der Waals surface area contributed by atoms with Crippen molar-refractivity contribution < 1.29 is 19.0 Å². The van der Waals surface area contributed by atoms with Crippen LogP contribution in [0.1, 0.15) is 25.5 Å². The summed E-state index contributed by atoms with van der Waals surface area (Å²) in [5.74, 6) is 0.956. The normalized spacial score (nSPS) is 12.2. The number of rotatable bonds is 9. The van der Waals surface area contributed by atoms with Gasteiger partial charge in [-0.25, -0.2) is 0 Å². The largest absolute Gasteiger partial charge is 0.497 e. The van der Waals surface area contributed by atoms with Gasteiger partial charge in [-0.05, 0) is 23.6 Å². The van der Waals surface area contributed by atoms with Crippen LogP contribution in [0.25, 0.3) is 0 Å². The molecule has 1 aromatic rings. The summed E-state index contributed by atoms with van der Waals surface area (Å²) < 4.78 is 15.2. The van der Waals surface area contributed by atoms with E-state index in [9.17, 15) is 4.79 Å². The van der Waals surface area contributed by atoms with E-state index < -0.39 is 0 Å². The summed E-state index contributed by atoms with van der Waals surface area (Å²) in [6.07, 6.45) is 0. The first-order chi connectivity index (χ1) is 10.1. The number of carbonyl (C=O) groups is 1. The standard InChI is InChI=1S/C16H25NO4/c1-12(2)16(13-5-7-14(20-4)8-6-13)17-15(18)11-21-10-9-19-3/h5-8,12,16H,9-11H2,1-4H3,(H,17,18). The van der Waals surface area contributed by atoms with Crippen LogP contribution in [-0.4, -0.2) is 39.9 Å². The van der Waals surface area contributed by atoms with Crippen molar-refractivity contribution in [3.8, 4) is 5.75 Å². The quantitative estimate of drug-likeness (QED) is 0.709. The summed E-state index contributed by atoms with van der Waals surface area (Å²) in [4.78, 5) is 11.9. The van der Waals surface area contributed by atoms with Crippen molar-refractivity contribution in [2.24, 2.45) is 5.92 Å². The highest BCUT2D eigenvalue weighted by atomic mass is 16.5. The third-order valence-corrected chi connectivity index (χ3v) is 3.12. The Hall–Kier alpha value is -1.59. The van der Waals surface area contributed by atoms with Gasteiger partial charge in [0.15, 0.2) is 0 Å². The number of ether oxygens (including phenoxy) is 3. The highest BCUT2D eigenvalue weighted by Crippen LogP contribution is 2.23. The molecule has 1 rings (SSSR count). The van der Waals surface area contributed by atoms with E-state index in [1.54, 1.807) is 14.2 Å². The fraction of sp³-hybridized carbons (Fsp3) is 0.562. The maximum atomic E-state index is 11.9. The second kappa shape index (κ2) is 9.37. The van der Waals surface area contributed by atoms with Crippen LogP contribution in [0.5, 0.6) is 5.75 Å². The summed E-state index contributed by atoms with van der Waals surface area (Å²) in [5, 5.41) is 3.00. The molecule has 1 atom stereocenters. The lowest BCUT2D eigenvalue weighted by Crippen LogP contribution is -2.34. The van der Waals surface area contributed by atoms with Crippen LogP contribution in [0, 0.1) is 5.92 Å². The molecular weight excluding hydrogens is 270 g/mol. The Morgan fingerprint density at radius 3 is 2.33 bits per heavy atom. The van der Waals surface area contributed by atoms with Gasteiger partial charge >= 0.3 is 0 Å². The SMILES string of the molecule is COCCOCC(=O)NC(c1ccc(OC)cc1)C(C)C. The molecule has 1 unspecified atom stereocenters. The van der Waals surface area contributed by atoms with Crippen LogP contribution in [0.3, 0.4) is 0 Å². The predicted octanol–water partition coefficient (Wildman–Crippen LogP) is 2.17. The monoisotopic (exact) mass is 295 g/mol. The lowest BCUT2D eigenvalue weighted by molar-refractivity contribution is -0.127. The topological polar surface area (TPSA) is 56.8 Å². The van der Waals surface area contributed by atoms with Gasteiger partial charge in [-0.1, -0.05) is 26.0 Å². The van der Waals surface area contributed by atoms with Crippen LogP contribution in [-0.2, 0) is 14.3 Å². The highest BCUT2D eigenvalue weighted by molar-refractivity contribution is 5.77. The van der Waals surface area contributed by atoms with E-state index in [0.29, 0.717) is 13.2 Å². The Bertz CT molecular complexity index is 417. The number of carbonyl (C=O) groups excluding carboxylic acids is 1. The number of hydrogen-bond donors (Lipinski definition) is 1. The van der Waals surface area contributed by atoms with Gasteiger partial charge in [0.1, 0.15) is 12.4 Å². The fourth-order valence-electron chi connectivity index (χ4n) is 1.97. The molecule has 0 fully saturated rings. The molecule has 1 aromatic carbocycles. The maximum Gasteiger partial charge on any atom is 0.246 e. The molecule has 0 saturated carbocycles. The van der Waals surface area contributed by atoms with Gasteiger partial charge < -0.3 is 19.5 Å². The highest BCUT2D eigenvalue weighted by Gasteiger charge is 2.18. The molecule has 0 aliphatic heterocycles. The van der Waals surface area contributed by atoms with Gasteiger partial charge in [0.25, 0.3) is 0 Å². The average molecular weight is 295 g/mol. The Labute approximate surface area is 126 Å². The molecule has 21 heavy (non-hydrogen) atoms. The third kappa shape index (κ3) is 6.14. The zero-order valence-corrected chi connectivity index (χ0v) is 13.2. The molecule has 0 saturated heterocycles. The Balaban J connectivity index is 2.58. The lowest BCUT2D eigenvalue weighted by atomic mass is 9.96. The average Bonchev–Trinajstić information content (AvgIpc) is 2.49. The van der Waals surface area contributed by atoms with Crippen molar-refractivity contribution in [2.45, 2.75) is 19.9 Å². The molecule has 0 heterocycles. The molecule has 1 N–H and O–H groups in total. The van der Waals surface area contributed by atoms with Gasteiger partial charge in [0.05, 0.1) is 26.4 Å². The molecule has 1 amide bonds. The van der Waals surface area contributed by atoms with Crippen molar-refractivity contribution >= 4 is 5.91 Å². The van der Waals surface area contributed by atoms with Crippen LogP contribution < -0.4 is 10.1 Å². The minimum absolute atomic E-state index is 0.0444. The molecule has 0 bridgehead atoms. The number of benzene rings is 1. The Morgan fingerprint density at radius 2 is 1.81 bits per heavy atom. The van der Waals surface area contributed by atoms with Crippen LogP contribution in [0.4, 0.5) is 0 Å². The second-order valence-corrected chi connectivity index (χ2v) is 5.11. The van der Waals surface area contributed by atoms with Crippen molar-refractivity contribution in [2.75, 3.05) is 34.0 Å². The minimum Gasteiger partial charge on any atom is -0.497 e. The van der Waals surface area contributed by atoms with Crippen LogP contribution in [0.15, 0.2) is 24.3 Å². The smallest absolute Gasteiger partial charge is 0.246 e. The number of nitrogens with one attached hydrogen (secondary N) is 1. The molecule has 5 nitrogen and oxygen atoms in total. The predicted molar refractivity (Wildman–Crippen MR) is 81.4 cm³/mol. The number of hydrogen-bond acceptors (Lipinski definition) is 4. The van der Waals surface area contributed by atoms with E-state index in [-0.39, 0.29) is 24.5 Å². The molecule has 0 aliphatic carbocycles. The van der Waals surface area contributed by atoms with E-state index in [1.165, 1.54) is 0 Å². The zero-order valence-electron chi connectivity index (χ0n) is 13.2. The number of amides is 1. The molecule has 0 spiro atoms. The lowest BCUT2D eigenvalue weighted by Gasteiger charge is -2.23. The number of methoxy groups -OCH3 is 2. The van der Waals surface area contributed by atoms with Crippen molar-refractivity contribution in [1.82, 2.24) is 5.32 Å². The summed E-state index contributed by atoms with van der Waals surface area (Å²) in [5.41, 5.74) is 1.05. The first-order valence-corrected chi connectivity index (χ1v) is 7.08. The fourth-order valence-corrected chi connectivity index (χ4v) is 1.97. The van der Waals surface area contributed by atoms with Gasteiger partial charge in [-0.15, -0.1) is 0 Å². The summed E-state index contributed by atoms with van der Waals surface area (Å²) in [6, 6.07) is 7.68. The van der Waals surface area contributed by atoms with Gasteiger partial charge in [0.2, 0.25) is 5.91 Å². The maximum absolute atomic E-state index is 11.9. The first kappa shape index (κ1) is 17.5. The summed E-state index contributed by atoms with van der Waals surface area (Å²) in [6.45, 7) is 5.09. The van der Waals surface area contributed by atoms with Crippen molar-refractivity contribution in [3.63, 3.8) is 0 Å². The third-order valence-electron chi connectivity index (χ3n) is 3.12. The molecule has 0 aromatic heterocycles.